The van der Waals surface area contributed by atoms with Crippen molar-refractivity contribution in [3.8, 4) is 17.6 Å². The van der Waals surface area contributed by atoms with Crippen LogP contribution < -0.4 is 5.56 Å². The van der Waals surface area contributed by atoms with E-state index in [1.807, 2.05) is 19.1 Å². The van der Waals surface area contributed by atoms with E-state index in [0.29, 0.717) is 18.5 Å². The Morgan fingerprint density at radius 2 is 1.81 bits per heavy atom. The van der Waals surface area contributed by atoms with Gasteiger partial charge in [0.2, 0.25) is 5.75 Å². The van der Waals surface area contributed by atoms with Crippen LogP contribution in [0.15, 0.2) is 53.6 Å². The van der Waals surface area contributed by atoms with Gasteiger partial charge in [-0.25, -0.2) is 4.98 Å². The third-order valence-corrected chi connectivity index (χ3v) is 5.65. The Hall–Kier alpha value is -3.40. The molecular weight excluding hydrogens is 402 g/mol. The summed E-state index contributed by atoms with van der Waals surface area (Å²) in [4.78, 5) is 20.3. The molecule has 1 fully saturated rings. The molecule has 6 nitrogen and oxygen atoms in total. The number of aromatic amines is 1. The topological polar surface area (TPSA) is 78.5 Å². The zero-order chi connectivity index (χ0) is 22.3. The summed E-state index contributed by atoms with van der Waals surface area (Å²) < 4.78 is 5.40. The molecule has 2 aromatic carbocycles. The smallest absolute Gasteiger partial charge is 0.293 e. The number of aryl methyl sites for hydroxylation is 3. The van der Waals surface area contributed by atoms with E-state index < -0.39 is 5.56 Å². The van der Waals surface area contributed by atoms with Gasteiger partial charge in [-0.2, -0.15) is 0 Å². The normalized spacial score (nSPS) is 14.0. The van der Waals surface area contributed by atoms with E-state index in [4.69, 9.17) is 4.74 Å². The number of H-pyrrole nitrogens is 1. The molecule has 0 amide bonds. The van der Waals surface area contributed by atoms with Crippen LogP contribution in [0.2, 0.25) is 0 Å². The van der Waals surface area contributed by atoms with Crippen LogP contribution in [-0.2, 0) is 24.1 Å². The van der Waals surface area contributed by atoms with Crippen LogP contribution in [0.4, 0.5) is 0 Å². The van der Waals surface area contributed by atoms with Crippen molar-refractivity contribution in [2.75, 3.05) is 26.3 Å². The van der Waals surface area contributed by atoms with E-state index in [1.54, 1.807) is 0 Å². The largest absolute Gasteiger partial charge is 0.502 e. The molecule has 0 saturated carbocycles. The van der Waals surface area contributed by atoms with Gasteiger partial charge in [0.1, 0.15) is 0 Å². The number of morpholine rings is 1. The fourth-order valence-electron chi connectivity index (χ4n) is 3.75. The van der Waals surface area contributed by atoms with Gasteiger partial charge in [-0.1, -0.05) is 36.1 Å². The molecule has 0 unspecified atom stereocenters. The molecular formula is C26H27N3O3. The number of nitrogens with zero attached hydrogens (tertiary/aromatic N) is 2. The summed E-state index contributed by atoms with van der Waals surface area (Å²) in [5.41, 5.74) is 5.39. The monoisotopic (exact) mass is 429 g/mol. The number of aromatic nitrogens is 2. The van der Waals surface area contributed by atoms with Crippen molar-refractivity contribution in [3.63, 3.8) is 0 Å². The van der Waals surface area contributed by atoms with Crippen LogP contribution in [-0.4, -0.2) is 46.3 Å². The van der Waals surface area contributed by atoms with Crippen molar-refractivity contribution < 1.29 is 9.84 Å². The molecule has 1 aliphatic rings. The van der Waals surface area contributed by atoms with Gasteiger partial charge in [-0.15, -0.1) is 0 Å². The van der Waals surface area contributed by atoms with Gasteiger partial charge in [0.25, 0.3) is 5.56 Å². The minimum Gasteiger partial charge on any atom is -0.502 e. The zero-order valence-corrected chi connectivity index (χ0v) is 18.2. The summed E-state index contributed by atoms with van der Waals surface area (Å²) in [6, 6.07) is 14.6. The van der Waals surface area contributed by atoms with Crippen molar-refractivity contribution >= 4 is 0 Å². The van der Waals surface area contributed by atoms with Crippen molar-refractivity contribution in [2.45, 2.75) is 26.3 Å². The first-order chi connectivity index (χ1) is 15.6. The first-order valence-corrected chi connectivity index (χ1v) is 10.8. The van der Waals surface area contributed by atoms with E-state index in [2.05, 4.69) is 57.0 Å². The van der Waals surface area contributed by atoms with Gasteiger partial charge in [0, 0.05) is 30.8 Å². The zero-order valence-electron chi connectivity index (χ0n) is 18.2. The van der Waals surface area contributed by atoms with Gasteiger partial charge >= 0.3 is 0 Å². The second kappa shape index (κ2) is 10.3. The predicted octanol–water partition coefficient (Wildman–Crippen LogP) is 2.80. The first-order valence-electron chi connectivity index (χ1n) is 10.8. The SMILES string of the molecule is Cc1cc(CCc2nc[nH]c(=O)c2O)ccc1C#Cc1ccc(CN2CCOCC2)cc1. The molecule has 2 heterocycles. The van der Waals surface area contributed by atoms with E-state index in [1.165, 1.54) is 11.9 Å². The average molecular weight is 430 g/mol. The number of nitrogens with one attached hydrogen (secondary N) is 1. The molecule has 0 spiro atoms. The molecule has 0 atom stereocenters. The van der Waals surface area contributed by atoms with Crippen LogP contribution >= 0.6 is 0 Å². The number of rotatable bonds is 5. The Kier molecular flexibility index (Phi) is 7.00. The van der Waals surface area contributed by atoms with Crippen LogP contribution in [0, 0.1) is 18.8 Å². The van der Waals surface area contributed by atoms with Crippen LogP contribution in [0.25, 0.3) is 0 Å². The second-order valence-electron chi connectivity index (χ2n) is 8.01. The lowest BCUT2D eigenvalue weighted by Gasteiger charge is -2.26. The van der Waals surface area contributed by atoms with Crippen molar-refractivity contribution in [3.05, 3.63) is 92.7 Å². The quantitative estimate of drug-likeness (QED) is 0.610. The van der Waals surface area contributed by atoms with Crippen LogP contribution in [0.1, 0.15) is 33.5 Å². The van der Waals surface area contributed by atoms with Crippen molar-refractivity contribution in [1.29, 1.82) is 0 Å². The summed E-state index contributed by atoms with van der Waals surface area (Å²) in [6.07, 6.45) is 2.50. The van der Waals surface area contributed by atoms with Gasteiger partial charge in [0.15, 0.2) is 0 Å². The highest BCUT2D eigenvalue weighted by molar-refractivity contribution is 5.47. The third-order valence-electron chi connectivity index (χ3n) is 5.65. The van der Waals surface area contributed by atoms with Gasteiger partial charge in [-0.05, 0) is 54.7 Å². The lowest BCUT2D eigenvalue weighted by atomic mass is 10.0. The number of ether oxygens (including phenoxy) is 1. The molecule has 2 N–H and O–H groups in total. The number of hydrogen-bond donors (Lipinski definition) is 2. The van der Waals surface area contributed by atoms with E-state index in [-0.39, 0.29) is 5.75 Å². The molecule has 0 radical (unpaired) electrons. The highest BCUT2D eigenvalue weighted by Crippen LogP contribution is 2.15. The minimum atomic E-state index is -0.508. The second-order valence-corrected chi connectivity index (χ2v) is 8.01. The number of hydrogen-bond acceptors (Lipinski definition) is 5. The lowest BCUT2D eigenvalue weighted by Crippen LogP contribution is -2.35. The lowest BCUT2D eigenvalue weighted by molar-refractivity contribution is 0.0342. The molecule has 32 heavy (non-hydrogen) atoms. The number of aromatic hydroxyl groups is 1. The fourth-order valence-corrected chi connectivity index (χ4v) is 3.75. The Morgan fingerprint density at radius 3 is 2.56 bits per heavy atom. The molecule has 1 saturated heterocycles. The highest BCUT2D eigenvalue weighted by Gasteiger charge is 2.10. The maximum atomic E-state index is 11.5. The first kappa shape index (κ1) is 21.8. The summed E-state index contributed by atoms with van der Waals surface area (Å²) >= 11 is 0. The molecule has 0 aliphatic carbocycles. The average Bonchev–Trinajstić information content (AvgIpc) is 2.81. The minimum absolute atomic E-state index is 0.303. The third kappa shape index (κ3) is 5.64. The van der Waals surface area contributed by atoms with Crippen LogP contribution in [0.3, 0.4) is 0 Å². The molecule has 4 rings (SSSR count). The Morgan fingerprint density at radius 1 is 1.06 bits per heavy atom. The summed E-state index contributed by atoms with van der Waals surface area (Å²) in [5.74, 6) is 6.23. The molecule has 1 aromatic heterocycles. The van der Waals surface area contributed by atoms with Gasteiger partial charge in [0.05, 0.1) is 25.2 Å². The molecule has 3 aromatic rings. The van der Waals surface area contributed by atoms with Crippen LogP contribution in [0.5, 0.6) is 5.75 Å². The Balaban J connectivity index is 1.37. The Bertz CT molecular complexity index is 1180. The highest BCUT2D eigenvalue weighted by atomic mass is 16.5. The fraction of sp³-hybridized carbons (Fsp3) is 0.308. The maximum absolute atomic E-state index is 11.5. The predicted molar refractivity (Wildman–Crippen MR) is 124 cm³/mol. The molecule has 0 bridgehead atoms. The Labute approximate surface area is 187 Å². The summed E-state index contributed by atoms with van der Waals surface area (Å²) in [5, 5.41) is 9.82. The van der Waals surface area contributed by atoms with E-state index in [9.17, 15) is 9.90 Å². The van der Waals surface area contributed by atoms with E-state index >= 15 is 0 Å². The summed E-state index contributed by atoms with van der Waals surface area (Å²) in [7, 11) is 0. The summed E-state index contributed by atoms with van der Waals surface area (Å²) in [6.45, 7) is 6.58. The molecule has 6 heteroatoms. The van der Waals surface area contributed by atoms with Gasteiger partial charge < -0.3 is 14.8 Å². The number of benzene rings is 2. The van der Waals surface area contributed by atoms with E-state index in [0.717, 1.165) is 55.1 Å². The maximum Gasteiger partial charge on any atom is 0.293 e. The standard InChI is InChI=1S/C26H27N3O3/c1-19-16-21(8-11-24-25(30)26(31)28-18-27-24)7-10-23(19)9-6-20-2-4-22(5-3-20)17-29-12-14-32-15-13-29/h2-5,7,10,16,18,30H,8,11-15,17H2,1H3,(H,27,28,31). The van der Waals surface area contributed by atoms with Gasteiger partial charge in [-0.3, -0.25) is 9.69 Å². The van der Waals surface area contributed by atoms with Crippen molar-refractivity contribution in [1.82, 2.24) is 14.9 Å². The molecule has 164 valence electrons. The molecule has 1 aliphatic heterocycles. The van der Waals surface area contributed by atoms with Crippen molar-refractivity contribution in [2.24, 2.45) is 0 Å².